The Balaban J connectivity index is 2.34. The first-order valence-electron chi connectivity index (χ1n) is 8.11. The van der Waals surface area contributed by atoms with Crippen molar-refractivity contribution in [2.24, 2.45) is 5.73 Å². The monoisotopic (exact) mass is 372 g/mol. The van der Waals surface area contributed by atoms with Crippen molar-refractivity contribution in [3.05, 3.63) is 29.8 Å². The molecule has 0 heterocycles. The number of amides is 2. The Bertz CT molecular complexity index is 608. The van der Waals surface area contributed by atoms with Gasteiger partial charge in [-0.25, -0.2) is 4.79 Å². The number of ketones is 1. The number of alkyl halides is 2. The van der Waals surface area contributed by atoms with Gasteiger partial charge in [-0.1, -0.05) is 6.42 Å². The van der Waals surface area contributed by atoms with E-state index in [2.05, 4.69) is 10.1 Å². The molecule has 0 unspecified atom stereocenters. The first-order chi connectivity index (χ1) is 12.3. The highest BCUT2D eigenvalue weighted by atomic mass is 19.3. The van der Waals surface area contributed by atoms with E-state index in [-0.39, 0.29) is 17.7 Å². The van der Waals surface area contributed by atoms with E-state index in [9.17, 15) is 23.2 Å². The van der Waals surface area contributed by atoms with Crippen molar-refractivity contribution in [3.8, 4) is 5.75 Å². The molecular weight excluding hydrogens is 350 g/mol. The van der Waals surface area contributed by atoms with Crippen LogP contribution in [0.2, 0.25) is 0 Å². The van der Waals surface area contributed by atoms with Crippen molar-refractivity contribution in [2.75, 3.05) is 6.54 Å². The fourth-order valence-corrected chi connectivity index (χ4v) is 2.13. The third-order valence-corrected chi connectivity index (χ3v) is 3.40. The SMILES string of the molecule is C[C@@H](OC(=O)CCCCCNC(N)=O)C(=O)c1ccc(OC(F)F)cc1. The lowest BCUT2D eigenvalue weighted by molar-refractivity contribution is -0.146. The number of benzene rings is 1. The topological polar surface area (TPSA) is 108 Å². The van der Waals surface area contributed by atoms with Gasteiger partial charge in [-0.05, 0) is 44.0 Å². The number of ether oxygens (including phenoxy) is 2. The Labute approximate surface area is 149 Å². The summed E-state index contributed by atoms with van der Waals surface area (Å²) in [6.07, 6.45) is 1.09. The lowest BCUT2D eigenvalue weighted by Gasteiger charge is -2.13. The van der Waals surface area contributed by atoms with Gasteiger partial charge in [0.2, 0.25) is 5.78 Å². The Kier molecular flexibility index (Phi) is 9.04. The van der Waals surface area contributed by atoms with E-state index in [4.69, 9.17) is 10.5 Å². The van der Waals surface area contributed by atoms with Crippen molar-refractivity contribution in [3.63, 3.8) is 0 Å². The zero-order valence-corrected chi connectivity index (χ0v) is 14.4. The Morgan fingerprint density at radius 2 is 1.77 bits per heavy atom. The minimum atomic E-state index is -2.94. The standard InChI is InChI=1S/C17H22F2N2O5/c1-11(25-14(22)5-3-2-4-10-21-17(20)24)15(23)12-6-8-13(9-7-12)26-16(18)19/h6-9,11,16H,2-5,10H2,1H3,(H3,20,21,24)/t11-/m1/s1. The maximum absolute atomic E-state index is 12.2. The molecule has 0 aliphatic heterocycles. The van der Waals surface area contributed by atoms with Gasteiger partial charge in [0.25, 0.3) is 0 Å². The molecule has 1 aromatic carbocycles. The van der Waals surface area contributed by atoms with Crippen LogP contribution in [-0.2, 0) is 9.53 Å². The molecule has 144 valence electrons. The van der Waals surface area contributed by atoms with E-state index >= 15 is 0 Å². The molecule has 1 aromatic rings. The number of carbonyl (C=O) groups excluding carboxylic acids is 3. The second-order valence-electron chi connectivity index (χ2n) is 5.50. The van der Waals surface area contributed by atoms with Crippen LogP contribution in [0.5, 0.6) is 5.75 Å². The number of primary amides is 1. The largest absolute Gasteiger partial charge is 0.454 e. The number of carbonyl (C=O) groups is 3. The fraction of sp³-hybridized carbons (Fsp3) is 0.471. The van der Waals surface area contributed by atoms with Crippen LogP contribution in [0.15, 0.2) is 24.3 Å². The third kappa shape index (κ3) is 8.41. The first-order valence-corrected chi connectivity index (χ1v) is 8.11. The molecule has 0 spiro atoms. The molecule has 0 aliphatic carbocycles. The van der Waals surface area contributed by atoms with E-state index in [1.165, 1.54) is 31.2 Å². The molecule has 1 atom stereocenters. The summed E-state index contributed by atoms with van der Waals surface area (Å²) in [5, 5.41) is 2.44. The number of hydrogen-bond donors (Lipinski definition) is 2. The molecule has 0 aromatic heterocycles. The zero-order valence-electron chi connectivity index (χ0n) is 14.4. The number of Topliss-reactive ketones (excluding diaryl/α,β-unsaturated/α-hetero) is 1. The van der Waals surface area contributed by atoms with Crippen LogP contribution in [0.25, 0.3) is 0 Å². The van der Waals surface area contributed by atoms with Crippen LogP contribution < -0.4 is 15.8 Å². The lowest BCUT2D eigenvalue weighted by Crippen LogP contribution is -2.30. The first kappa shape index (κ1) is 21.3. The minimum Gasteiger partial charge on any atom is -0.454 e. The molecule has 0 fully saturated rings. The Morgan fingerprint density at radius 3 is 2.35 bits per heavy atom. The van der Waals surface area contributed by atoms with Gasteiger partial charge in [0.05, 0.1) is 0 Å². The Morgan fingerprint density at radius 1 is 1.12 bits per heavy atom. The number of unbranched alkanes of at least 4 members (excludes halogenated alkanes) is 2. The predicted octanol–water partition coefficient (Wildman–Crippen LogP) is 2.63. The molecule has 0 aliphatic rings. The number of esters is 1. The molecule has 26 heavy (non-hydrogen) atoms. The summed E-state index contributed by atoms with van der Waals surface area (Å²) in [6, 6.07) is 4.56. The molecular formula is C17H22F2N2O5. The molecule has 0 radical (unpaired) electrons. The van der Waals surface area contributed by atoms with Crippen LogP contribution in [0.4, 0.5) is 13.6 Å². The summed E-state index contributed by atoms with van der Waals surface area (Å²) in [7, 11) is 0. The molecule has 0 bridgehead atoms. The average Bonchev–Trinajstić information content (AvgIpc) is 2.57. The lowest BCUT2D eigenvalue weighted by atomic mass is 10.1. The highest BCUT2D eigenvalue weighted by Crippen LogP contribution is 2.16. The number of halogens is 2. The van der Waals surface area contributed by atoms with Gasteiger partial charge >= 0.3 is 18.6 Å². The van der Waals surface area contributed by atoms with Crippen molar-refractivity contribution < 1.29 is 32.6 Å². The van der Waals surface area contributed by atoms with Crippen molar-refractivity contribution >= 4 is 17.8 Å². The van der Waals surface area contributed by atoms with Crippen LogP contribution in [-0.4, -0.2) is 37.0 Å². The van der Waals surface area contributed by atoms with E-state index in [0.29, 0.717) is 25.8 Å². The molecule has 7 nitrogen and oxygen atoms in total. The Hall–Kier alpha value is -2.71. The number of rotatable bonds is 11. The van der Waals surface area contributed by atoms with Crippen molar-refractivity contribution in [2.45, 2.75) is 45.3 Å². The number of nitrogens with one attached hydrogen (secondary N) is 1. The number of hydrogen-bond acceptors (Lipinski definition) is 5. The molecule has 3 N–H and O–H groups in total. The summed E-state index contributed by atoms with van der Waals surface area (Å²) >= 11 is 0. The maximum Gasteiger partial charge on any atom is 0.387 e. The van der Waals surface area contributed by atoms with E-state index in [0.717, 1.165) is 0 Å². The van der Waals surface area contributed by atoms with Crippen molar-refractivity contribution in [1.29, 1.82) is 0 Å². The molecule has 2 amide bonds. The minimum absolute atomic E-state index is 0.0629. The third-order valence-electron chi connectivity index (χ3n) is 3.40. The second kappa shape index (κ2) is 11.0. The van der Waals surface area contributed by atoms with Gasteiger partial charge in [0, 0.05) is 18.5 Å². The molecule has 0 saturated heterocycles. The highest BCUT2D eigenvalue weighted by molar-refractivity contribution is 6.00. The van der Waals surface area contributed by atoms with Crippen LogP contribution in [0.1, 0.15) is 43.0 Å². The zero-order chi connectivity index (χ0) is 19.5. The predicted molar refractivity (Wildman–Crippen MR) is 89.0 cm³/mol. The summed E-state index contributed by atoms with van der Waals surface area (Å²) in [5.74, 6) is -1.01. The summed E-state index contributed by atoms with van der Waals surface area (Å²) < 4.78 is 33.4. The van der Waals surface area contributed by atoms with Crippen LogP contribution in [0.3, 0.4) is 0 Å². The average molecular weight is 372 g/mol. The molecule has 0 saturated carbocycles. The van der Waals surface area contributed by atoms with Crippen LogP contribution >= 0.6 is 0 Å². The quantitative estimate of drug-likeness (QED) is 0.353. The summed E-state index contributed by atoms with van der Waals surface area (Å²) in [6.45, 7) is -1.06. The second-order valence-corrected chi connectivity index (χ2v) is 5.50. The van der Waals surface area contributed by atoms with Gasteiger partial charge in [-0.2, -0.15) is 8.78 Å². The van der Waals surface area contributed by atoms with E-state index in [1.807, 2.05) is 0 Å². The smallest absolute Gasteiger partial charge is 0.387 e. The molecule has 1 rings (SSSR count). The van der Waals surface area contributed by atoms with E-state index in [1.54, 1.807) is 0 Å². The normalized spacial score (nSPS) is 11.7. The number of nitrogens with two attached hydrogens (primary N) is 1. The van der Waals surface area contributed by atoms with Crippen LogP contribution in [0, 0.1) is 0 Å². The van der Waals surface area contributed by atoms with Gasteiger partial charge in [-0.3, -0.25) is 9.59 Å². The van der Waals surface area contributed by atoms with Gasteiger partial charge in [0.15, 0.2) is 6.10 Å². The summed E-state index contributed by atoms with van der Waals surface area (Å²) in [4.78, 5) is 34.4. The van der Waals surface area contributed by atoms with Gasteiger partial charge in [-0.15, -0.1) is 0 Å². The highest BCUT2D eigenvalue weighted by Gasteiger charge is 2.19. The maximum atomic E-state index is 12.2. The van der Waals surface area contributed by atoms with E-state index < -0.39 is 30.5 Å². The van der Waals surface area contributed by atoms with Crippen molar-refractivity contribution in [1.82, 2.24) is 5.32 Å². The molecule has 9 heteroatoms. The fourth-order valence-electron chi connectivity index (χ4n) is 2.13. The van der Waals surface area contributed by atoms with Gasteiger partial charge < -0.3 is 20.5 Å². The number of urea groups is 1. The summed E-state index contributed by atoms with van der Waals surface area (Å²) in [5.41, 5.74) is 5.15. The van der Waals surface area contributed by atoms with Gasteiger partial charge in [0.1, 0.15) is 5.75 Å².